The van der Waals surface area contributed by atoms with Crippen LogP contribution < -0.4 is 45.5 Å². The van der Waals surface area contributed by atoms with Gasteiger partial charge in [-0.2, -0.15) is 0 Å². The van der Waals surface area contributed by atoms with Gasteiger partial charge in [-0.15, -0.1) is 0 Å². The molecule has 0 unspecified atom stereocenters. The van der Waals surface area contributed by atoms with E-state index in [0.717, 1.165) is 70.0 Å². The molecule has 7 atom stereocenters. The molecular weight excluding hydrogens is 886 g/mol. The molecule has 15 nitrogen and oxygen atoms in total. The Kier molecular flexibility index (Phi) is 20.6. The second-order valence-electron chi connectivity index (χ2n) is 20.8. The number of piperidine rings is 2. The Morgan fingerprint density at radius 2 is 1.14 bits per heavy atom. The fourth-order valence-corrected chi connectivity index (χ4v) is 12.5. The average Bonchev–Trinajstić information content (AvgIpc) is 4.21. The normalized spacial score (nSPS) is 26.6. The number of nitrogens with zero attached hydrogens (tertiary/aromatic N) is 3. The van der Waals surface area contributed by atoms with Crippen LogP contribution in [0, 0.1) is 23.7 Å². The summed E-state index contributed by atoms with van der Waals surface area (Å²) in [4.78, 5) is 78.0. The van der Waals surface area contributed by atoms with Crippen LogP contribution in [0.1, 0.15) is 145 Å². The maximum Gasteiger partial charge on any atom is 1.00 e. The molecular formula is C52H75BN6NaO9. The zero-order chi connectivity index (χ0) is 49.2. The molecule has 4 amide bonds. The number of carbonyl (C=O) groups is 6. The molecule has 69 heavy (non-hydrogen) atoms. The fraction of sp³-hybridized carbons (Fsp3) is 0.654. The van der Waals surface area contributed by atoms with Gasteiger partial charge in [-0.05, 0) is 143 Å². The van der Waals surface area contributed by atoms with Gasteiger partial charge in [0.05, 0.1) is 12.1 Å². The third-order valence-electron chi connectivity index (χ3n) is 15.8. The van der Waals surface area contributed by atoms with Crippen molar-refractivity contribution in [2.45, 2.75) is 140 Å². The van der Waals surface area contributed by atoms with E-state index in [1.54, 1.807) is 23.9 Å². The van der Waals surface area contributed by atoms with Crippen LogP contribution in [0.2, 0.25) is 0 Å². The number of benzene rings is 2. The van der Waals surface area contributed by atoms with Crippen LogP contribution in [-0.4, -0.2) is 119 Å². The van der Waals surface area contributed by atoms with Crippen molar-refractivity contribution >= 4 is 43.8 Å². The first-order valence-electron chi connectivity index (χ1n) is 24.8. The number of rotatable bonds is 3. The van der Waals surface area contributed by atoms with Crippen molar-refractivity contribution in [2.75, 3.05) is 54.4 Å². The molecule has 2 aromatic rings. The first-order valence-corrected chi connectivity index (χ1v) is 24.8. The Morgan fingerprint density at radius 1 is 0.667 bits per heavy atom. The zero-order valence-corrected chi connectivity index (χ0v) is 44.5. The van der Waals surface area contributed by atoms with Gasteiger partial charge < -0.3 is 43.4 Å². The standard InChI is InChI=1S/C23H33N3O.C16H23N3O.C7H10O.C4H6O4.C2H3BO2.Na/c1-25(2)22(27)24-20-15-23(19-6-4-3-5-18(19)20)9-11-26(12-10-23)21-14-16-7-8-17(21)13-16;1-19(2)15(20)18-14-11-16(7-9-17-10-8-16)13-6-4-3-5-12(13)14;8-7-4-5-1-2-6(7)3-5;1-3(5)7-8-4(2)6;1-2(4)5-3;/h3-6,16-17,20-21H,7-15H2,1-2H3,(H,24,27);3-6,14,17H,7-11H2,1-2H3,(H,18,20);5-6H,1-4H2;1-2H3;1H3;/q;;;;-1;+1/t16-,17+,20-,21-;14-;5-,6+;;;/m000.../s1. The molecule has 2 spiro atoms. The topological polar surface area (TPSA) is 176 Å². The Balaban J connectivity index is 0.000000184. The monoisotopic (exact) mass is 962 g/mol. The summed E-state index contributed by atoms with van der Waals surface area (Å²) in [5.74, 6) is 2.10. The second kappa shape index (κ2) is 25.4. The minimum Gasteiger partial charge on any atom is -0.793 e. The maximum atomic E-state index is 12.3. The Bertz CT molecular complexity index is 2080. The predicted molar refractivity (Wildman–Crippen MR) is 259 cm³/mol. The van der Waals surface area contributed by atoms with Gasteiger partial charge in [0.1, 0.15) is 5.78 Å². The number of fused-ring (bicyclic) bond motifs is 8. The molecule has 6 aliphatic carbocycles. The summed E-state index contributed by atoms with van der Waals surface area (Å²) in [5.41, 5.74) is 6.12. The zero-order valence-electron chi connectivity index (χ0n) is 42.5. The number of nitrogens with one attached hydrogen (secondary N) is 3. The van der Waals surface area contributed by atoms with Gasteiger partial charge >= 0.3 is 53.6 Å². The van der Waals surface area contributed by atoms with Crippen LogP contribution in [0.25, 0.3) is 0 Å². The van der Waals surface area contributed by atoms with E-state index in [2.05, 4.69) is 91.9 Å². The van der Waals surface area contributed by atoms with Gasteiger partial charge in [-0.1, -0.05) is 55.0 Å². The second-order valence-corrected chi connectivity index (χ2v) is 20.8. The summed E-state index contributed by atoms with van der Waals surface area (Å²) >= 11 is 0. The molecule has 371 valence electrons. The van der Waals surface area contributed by atoms with Crippen LogP contribution in [0.3, 0.4) is 0 Å². The van der Waals surface area contributed by atoms with Crippen LogP contribution >= 0.6 is 0 Å². The Morgan fingerprint density at radius 3 is 1.51 bits per heavy atom. The van der Waals surface area contributed by atoms with E-state index in [1.165, 1.54) is 113 Å². The quantitative estimate of drug-likeness (QED) is 0.231. The van der Waals surface area contributed by atoms with Crippen LogP contribution in [-0.2, 0) is 44.4 Å². The third kappa shape index (κ3) is 14.4. The van der Waals surface area contributed by atoms with E-state index in [1.807, 2.05) is 14.1 Å². The number of hydrogen-bond donors (Lipinski definition) is 3. The summed E-state index contributed by atoms with van der Waals surface area (Å²) in [5, 5.41) is 9.89. The number of hydrogen-bond acceptors (Lipinski definition) is 11. The van der Waals surface area contributed by atoms with E-state index in [9.17, 15) is 28.8 Å². The van der Waals surface area contributed by atoms with Gasteiger partial charge in [-0.3, -0.25) is 9.59 Å². The van der Waals surface area contributed by atoms with Crippen molar-refractivity contribution in [1.82, 2.24) is 30.7 Å². The molecule has 3 radical (unpaired) electrons. The molecule has 6 fully saturated rings. The number of likely N-dealkylation sites (tertiary alicyclic amines) is 1. The molecule has 2 aromatic carbocycles. The van der Waals surface area contributed by atoms with E-state index in [4.69, 9.17) is 0 Å². The van der Waals surface area contributed by atoms with Crippen molar-refractivity contribution in [3.05, 3.63) is 70.8 Å². The first kappa shape index (κ1) is 56.0. The van der Waals surface area contributed by atoms with Gasteiger partial charge in [0.2, 0.25) is 5.97 Å². The fourth-order valence-electron chi connectivity index (χ4n) is 12.5. The van der Waals surface area contributed by atoms with E-state index in [0.29, 0.717) is 11.7 Å². The number of urea groups is 2. The summed E-state index contributed by atoms with van der Waals surface area (Å²) < 4.78 is 3.61. The van der Waals surface area contributed by atoms with Crippen molar-refractivity contribution in [1.29, 1.82) is 0 Å². The minimum atomic E-state index is -0.639. The van der Waals surface area contributed by atoms with Gasteiger partial charge in [-0.25, -0.2) is 29.0 Å². The number of carbonyl (C=O) groups excluding carboxylic acids is 6. The number of Topliss-reactive ketones (excluding diaryl/α,β-unsaturated/α-hetero) is 1. The SMILES string of the molecule is CC(=O)OOC(C)=O.CN(C)C(=O)N[C@H]1CC2(CCN([C@H]3C[C@H]4CC[C@@H]3C4)CC2)c2ccccc21.CN(C)C(=O)N[C@H]1CC2(CCNCC2)c2ccccc21.O=C1C[C@H]2CC[C@@H]1C2.[B-]OC(C)=O.[Na+]. The van der Waals surface area contributed by atoms with Gasteiger partial charge in [0.15, 0.2) is 0 Å². The van der Waals surface area contributed by atoms with Crippen LogP contribution in [0.5, 0.6) is 0 Å². The summed E-state index contributed by atoms with van der Waals surface area (Å²) in [7, 11) is 11.5. The van der Waals surface area contributed by atoms with Crippen LogP contribution in [0.4, 0.5) is 9.59 Å². The molecule has 8 aliphatic rings. The molecule has 4 bridgehead atoms. The molecule has 2 aliphatic heterocycles. The number of amides is 4. The summed E-state index contributed by atoms with van der Waals surface area (Å²) in [6.45, 7) is 8.13. The number of ketones is 1. The summed E-state index contributed by atoms with van der Waals surface area (Å²) in [6, 6.07) is 18.7. The van der Waals surface area contributed by atoms with Crippen molar-refractivity contribution in [2.24, 2.45) is 23.7 Å². The van der Waals surface area contributed by atoms with Crippen molar-refractivity contribution in [3.8, 4) is 0 Å². The predicted octanol–water partition coefficient (Wildman–Crippen LogP) is 3.99. The maximum absolute atomic E-state index is 12.3. The average molecular weight is 962 g/mol. The van der Waals surface area contributed by atoms with E-state index >= 15 is 0 Å². The van der Waals surface area contributed by atoms with E-state index < -0.39 is 17.9 Å². The third-order valence-corrected chi connectivity index (χ3v) is 15.8. The molecule has 17 heteroatoms. The van der Waals surface area contributed by atoms with Gasteiger partial charge in [0, 0.05) is 78.2 Å². The smallest absolute Gasteiger partial charge is 0.793 e. The Labute approximate surface area is 433 Å². The Hall–Kier alpha value is -3.96. The molecule has 10 rings (SSSR count). The molecule has 3 N–H and O–H groups in total. The first-order chi connectivity index (χ1) is 32.4. The molecule has 2 saturated heterocycles. The molecule has 0 aromatic heterocycles. The summed E-state index contributed by atoms with van der Waals surface area (Å²) in [6.07, 6.45) is 17.5. The van der Waals surface area contributed by atoms with E-state index in [-0.39, 0.29) is 64.5 Å². The molecule has 4 saturated carbocycles. The largest absolute Gasteiger partial charge is 1.00 e. The van der Waals surface area contributed by atoms with Crippen molar-refractivity contribution in [3.63, 3.8) is 0 Å². The van der Waals surface area contributed by atoms with Crippen molar-refractivity contribution < 1.29 is 72.8 Å². The van der Waals surface area contributed by atoms with Crippen LogP contribution in [0.15, 0.2) is 48.5 Å². The van der Waals surface area contributed by atoms with Gasteiger partial charge in [0.25, 0.3) is 0 Å². The minimum absolute atomic E-state index is 0. The molecule has 2 heterocycles.